The molecule has 0 aliphatic heterocycles. The third-order valence-electron chi connectivity index (χ3n) is 3.88. The lowest BCUT2D eigenvalue weighted by atomic mass is 10.2. The summed E-state index contributed by atoms with van der Waals surface area (Å²) in [6, 6.07) is 12.9. The molecule has 1 N–H and O–H groups in total. The molecular formula is C19H13I2N5O5. The number of aromatic nitrogens is 1. The Morgan fingerprint density at radius 2 is 1.74 bits per heavy atom. The molecular weight excluding hydrogens is 632 g/mol. The minimum atomic E-state index is -0.521. The summed E-state index contributed by atoms with van der Waals surface area (Å²) in [7, 11) is 0. The number of nitrogens with one attached hydrogen (secondary N) is 1. The molecule has 10 nitrogen and oxygen atoms in total. The van der Waals surface area contributed by atoms with E-state index < -0.39 is 9.85 Å². The van der Waals surface area contributed by atoms with Crippen LogP contribution in [-0.2, 0) is 6.61 Å². The van der Waals surface area contributed by atoms with Gasteiger partial charge in [-0.15, -0.1) is 0 Å². The molecule has 31 heavy (non-hydrogen) atoms. The van der Waals surface area contributed by atoms with Crippen molar-refractivity contribution in [3.8, 4) is 5.75 Å². The lowest BCUT2D eigenvalue weighted by Crippen LogP contribution is -2.01. The summed E-state index contributed by atoms with van der Waals surface area (Å²) < 4.78 is 7.59. The molecule has 0 aliphatic rings. The summed E-state index contributed by atoms with van der Waals surface area (Å²) >= 11 is 4.30. The number of nitro benzene ring substituents is 1. The third-order valence-corrected chi connectivity index (χ3v) is 5.48. The van der Waals surface area contributed by atoms with Crippen molar-refractivity contribution >= 4 is 68.6 Å². The molecule has 0 aliphatic carbocycles. The van der Waals surface area contributed by atoms with Crippen molar-refractivity contribution in [1.29, 1.82) is 0 Å². The number of nitro groups is 2. The van der Waals surface area contributed by atoms with Crippen molar-refractivity contribution in [2.75, 3.05) is 5.43 Å². The average molecular weight is 645 g/mol. The topological polar surface area (TPSA) is 133 Å². The Morgan fingerprint density at radius 1 is 1.03 bits per heavy atom. The summed E-state index contributed by atoms with van der Waals surface area (Å²) in [6.45, 7) is 0.203. The first kappa shape index (κ1) is 22.8. The monoisotopic (exact) mass is 645 g/mol. The summed E-state index contributed by atoms with van der Waals surface area (Å²) in [4.78, 5) is 24.5. The number of rotatable bonds is 8. The first-order valence-corrected chi connectivity index (χ1v) is 10.7. The molecule has 0 amide bonds. The molecule has 0 saturated carbocycles. The van der Waals surface area contributed by atoms with Gasteiger partial charge in [0, 0.05) is 18.2 Å². The number of nitrogens with zero attached hydrogens (tertiary/aromatic N) is 4. The van der Waals surface area contributed by atoms with Crippen molar-refractivity contribution < 1.29 is 14.6 Å². The molecule has 0 radical (unpaired) electrons. The van der Waals surface area contributed by atoms with E-state index in [9.17, 15) is 20.2 Å². The van der Waals surface area contributed by atoms with E-state index in [1.54, 1.807) is 18.3 Å². The Kier molecular flexibility index (Phi) is 7.67. The van der Waals surface area contributed by atoms with Gasteiger partial charge in [0.2, 0.25) is 0 Å². The SMILES string of the molecule is O=[N+]([O-])c1ccc(N/N=C/c2cc(I)c(OCc3cccc([N+](=O)[O-])c3)c(I)c2)nc1. The maximum absolute atomic E-state index is 10.9. The van der Waals surface area contributed by atoms with Gasteiger partial charge < -0.3 is 4.74 Å². The molecule has 158 valence electrons. The maximum atomic E-state index is 10.9. The summed E-state index contributed by atoms with van der Waals surface area (Å²) in [5.41, 5.74) is 4.15. The van der Waals surface area contributed by atoms with Crippen LogP contribution in [0.5, 0.6) is 5.75 Å². The molecule has 3 aromatic rings. The minimum absolute atomic E-state index is 0.0204. The maximum Gasteiger partial charge on any atom is 0.287 e. The number of pyridine rings is 1. The molecule has 12 heteroatoms. The standard InChI is InChI=1S/C19H13I2N5O5/c20-16-7-13(9-23-24-18-5-4-15(10-22-18)26(29)30)8-17(21)19(16)31-11-12-2-1-3-14(6-12)25(27)28/h1-10H,11H2,(H,22,24)/b23-9+. The van der Waals surface area contributed by atoms with E-state index >= 15 is 0 Å². The highest BCUT2D eigenvalue weighted by Gasteiger charge is 2.11. The first-order valence-electron chi connectivity index (χ1n) is 8.58. The number of benzene rings is 2. The number of non-ortho nitro benzene ring substituents is 1. The minimum Gasteiger partial charge on any atom is -0.487 e. The molecule has 1 aromatic heterocycles. The fourth-order valence-corrected chi connectivity index (χ4v) is 4.57. The number of ether oxygens (including phenoxy) is 1. The highest BCUT2D eigenvalue weighted by molar-refractivity contribution is 14.1. The smallest absolute Gasteiger partial charge is 0.287 e. The summed E-state index contributed by atoms with van der Waals surface area (Å²) in [5.74, 6) is 1.05. The van der Waals surface area contributed by atoms with Gasteiger partial charge in [-0.1, -0.05) is 12.1 Å². The van der Waals surface area contributed by atoms with Gasteiger partial charge >= 0.3 is 0 Å². The molecule has 3 rings (SSSR count). The Balaban J connectivity index is 1.65. The van der Waals surface area contributed by atoms with E-state index in [0.717, 1.165) is 18.9 Å². The summed E-state index contributed by atoms with van der Waals surface area (Å²) in [5, 5.41) is 25.7. The second-order valence-corrected chi connectivity index (χ2v) is 8.38. The van der Waals surface area contributed by atoms with Gasteiger partial charge in [0.05, 0.1) is 23.2 Å². The molecule has 0 atom stereocenters. The van der Waals surface area contributed by atoms with Crippen molar-refractivity contribution in [3.05, 3.63) is 93.2 Å². The Morgan fingerprint density at radius 3 is 2.35 bits per heavy atom. The molecule has 0 fully saturated rings. The van der Waals surface area contributed by atoms with Crippen molar-refractivity contribution in [2.45, 2.75) is 6.61 Å². The van der Waals surface area contributed by atoms with Crippen LogP contribution in [0.1, 0.15) is 11.1 Å². The number of hydrogen-bond donors (Lipinski definition) is 1. The number of anilines is 1. The van der Waals surface area contributed by atoms with Crippen LogP contribution in [0.25, 0.3) is 0 Å². The predicted molar refractivity (Wildman–Crippen MR) is 131 cm³/mol. The molecule has 2 aromatic carbocycles. The Hall–Kier alpha value is -2.88. The van der Waals surface area contributed by atoms with E-state index in [1.807, 2.05) is 12.1 Å². The normalized spacial score (nSPS) is 10.8. The lowest BCUT2D eigenvalue weighted by Gasteiger charge is -2.11. The fraction of sp³-hybridized carbons (Fsp3) is 0.0526. The van der Waals surface area contributed by atoms with Gasteiger partial charge in [0.15, 0.2) is 0 Å². The quantitative estimate of drug-likeness (QED) is 0.156. The molecule has 0 bridgehead atoms. The van der Waals surface area contributed by atoms with Gasteiger partial charge in [0.25, 0.3) is 11.4 Å². The highest BCUT2D eigenvalue weighted by Crippen LogP contribution is 2.29. The van der Waals surface area contributed by atoms with Crippen molar-refractivity contribution in [2.24, 2.45) is 5.10 Å². The Bertz CT molecular complexity index is 1130. The average Bonchev–Trinajstić information content (AvgIpc) is 2.73. The van der Waals surface area contributed by atoms with Gasteiger partial charge in [-0.3, -0.25) is 25.7 Å². The molecule has 0 unspecified atom stereocenters. The van der Waals surface area contributed by atoms with Gasteiger partial charge in [-0.05, 0) is 74.5 Å². The highest BCUT2D eigenvalue weighted by atomic mass is 127. The summed E-state index contributed by atoms with van der Waals surface area (Å²) in [6.07, 6.45) is 2.75. The van der Waals surface area contributed by atoms with E-state index in [4.69, 9.17) is 4.74 Å². The largest absolute Gasteiger partial charge is 0.487 e. The number of hydrogen-bond acceptors (Lipinski definition) is 8. The van der Waals surface area contributed by atoms with Crippen LogP contribution in [-0.4, -0.2) is 21.0 Å². The van der Waals surface area contributed by atoms with Crippen molar-refractivity contribution in [1.82, 2.24) is 4.98 Å². The molecule has 1 heterocycles. The predicted octanol–water partition coefficient (Wildman–Crippen LogP) is 5.13. The van der Waals surface area contributed by atoms with Gasteiger partial charge in [0.1, 0.15) is 24.4 Å². The van der Waals surface area contributed by atoms with Gasteiger partial charge in [-0.2, -0.15) is 5.10 Å². The lowest BCUT2D eigenvalue weighted by molar-refractivity contribution is -0.385. The zero-order valence-corrected chi connectivity index (χ0v) is 19.9. The first-order chi connectivity index (χ1) is 14.8. The van der Waals surface area contributed by atoms with E-state index in [-0.39, 0.29) is 18.0 Å². The second-order valence-electron chi connectivity index (χ2n) is 6.06. The van der Waals surface area contributed by atoms with Crippen LogP contribution < -0.4 is 10.2 Å². The van der Waals surface area contributed by atoms with E-state index in [0.29, 0.717) is 17.1 Å². The van der Waals surface area contributed by atoms with E-state index in [1.165, 1.54) is 24.3 Å². The molecule has 0 spiro atoms. The van der Waals surface area contributed by atoms with Crippen molar-refractivity contribution in [3.63, 3.8) is 0 Å². The van der Waals surface area contributed by atoms with Crippen LogP contribution in [0.4, 0.5) is 17.2 Å². The van der Waals surface area contributed by atoms with Crippen LogP contribution in [0.15, 0.2) is 59.8 Å². The number of hydrazone groups is 1. The van der Waals surface area contributed by atoms with Gasteiger partial charge in [-0.25, -0.2) is 4.98 Å². The molecule has 0 saturated heterocycles. The van der Waals surface area contributed by atoms with Crippen LogP contribution in [0.2, 0.25) is 0 Å². The van der Waals surface area contributed by atoms with Crippen LogP contribution >= 0.6 is 45.2 Å². The Labute approximate surface area is 203 Å². The second kappa shape index (κ2) is 10.4. The zero-order chi connectivity index (χ0) is 22.4. The fourth-order valence-electron chi connectivity index (χ4n) is 2.44. The number of halogens is 2. The third kappa shape index (κ3) is 6.30. The van der Waals surface area contributed by atoms with Crippen LogP contribution in [0, 0.1) is 27.4 Å². The van der Waals surface area contributed by atoms with E-state index in [2.05, 4.69) is 60.7 Å². The van der Waals surface area contributed by atoms with Crippen LogP contribution in [0.3, 0.4) is 0 Å². The zero-order valence-electron chi connectivity index (χ0n) is 15.6.